The van der Waals surface area contributed by atoms with E-state index in [0.29, 0.717) is 5.69 Å². The lowest BCUT2D eigenvalue weighted by Gasteiger charge is -2.15. The smallest absolute Gasteiger partial charge is 0.291 e. The maximum absolute atomic E-state index is 12.4. The lowest BCUT2D eigenvalue weighted by molar-refractivity contribution is -0.123. The van der Waals surface area contributed by atoms with Gasteiger partial charge in [-0.05, 0) is 31.0 Å². The van der Waals surface area contributed by atoms with Crippen molar-refractivity contribution in [3.63, 3.8) is 0 Å². The van der Waals surface area contributed by atoms with Gasteiger partial charge in [0.05, 0.1) is 5.69 Å². The zero-order valence-corrected chi connectivity index (χ0v) is 15.8. The highest BCUT2D eigenvalue weighted by atomic mass is 32.2. The van der Waals surface area contributed by atoms with Crippen LogP contribution in [-0.2, 0) is 14.8 Å². The molecule has 2 N–H and O–H groups in total. The molecule has 0 radical (unpaired) electrons. The van der Waals surface area contributed by atoms with Crippen LogP contribution in [0.15, 0.2) is 22.5 Å². The molecule has 1 aromatic carbocycles. The Kier molecular flexibility index (Phi) is 4.95. The third-order valence-corrected chi connectivity index (χ3v) is 5.75. The molecule has 1 heterocycles. The summed E-state index contributed by atoms with van der Waals surface area (Å²) in [4.78, 5) is 11.9. The average Bonchev–Trinajstić information content (AvgIpc) is 2.91. The number of anilines is 2. The highest BCUT2D eigenvalue weighted by Gasteiger charge is 2.25. The van der Waals surface area contributed by atoms with Crippen LogP contribution in [0.5, 0.6) is 0 Å². The van der Waals surface area contributed by atoms with Crippen molar-refractivity contribution in [3.05, 3.63) is 29.3 Å². The number of benzene rings is 1. The summed E-state index contributed by atoms with van der Waals surface area (Å²) in [6.45, 7) is 8.95. The standard InChI is InChI=1S/C15H20N4O3S2/c1-9-6-7-10(2)11(8-9)19-24(21,22)14-18-17-13(23-14)16-12(20)15(3,4)5/h6-8,19H,1-5H3,(H,16,17,20). The number of nitrogens with zero attached hydrogens (tertiary/aromatic N) is 2. The van der Waals surface area contributed by atoms with Crippen LogP contribution >= 0.6 is 11.3 Å². The first-order valence-electron chi connectivity index (χ1n) is 7.24. The molecule has 0 spiro atoms. The number of carbonyl (C=O) groups excluding carboxylic acids is 1. The molecule has 7 nitrogen and oxygen atoms in total. The van der Waals surface area contributed by atoms with E-state index in [9.17, 15) is 13.2 Å². The Labute approximate surface area is 145 Å². The van der Waals surface area contributed by atoms with Gasteiger partial charge >= 0.3 is 0 Å². The van der Waals surface area contributed by atoms with Crippen molar-refractivity contribution in [2.75, 3.05) is 10.0 Å². The second-order valence-corrected chi connectivity index (χ2v) is 9.33. The molecule has 0 saturated carbocycles. The lowest BCUT2D eigenvalue weighted by atomic mass is 9.96. The van der Waals surface area contributed by atoms with E-state index in [2.05, 4.69) is 20.2 Å². The van der Waals surface area contributed by atoms with Gasteiger partial charge < -0.3 is 5.32 Å². The molecule has 0 aliphatic heterocycles. The fourth-order valence-corrected chi connectivity index (χ4v) is 3.71. The Morgan fingerprint density at radius 1 is 1.17 bits per heavy atom. The number of nitrogens with one attached hydrogen (secondary N) is 2. The third-order valence-electron chi connectivity index (χ3n) is 3.18. The number of amides is 1. The summed E-state index contributed by atoms with van der Waals surface area (Å²) in [6, 6.07) is 5.48. The Hall–Kier alpha value is -2.00. The fourth-order valence-electron chi connectivity index (χ4n) is 1.69. The van der Waals surface area contributed by atoms with E-state index < -0.39 is 15.4 Å². The number of aryl methyl sites for hydroxylation is 2. The first-order chi connectivity index (χ1) is 11.0. The van der Waals surface area contributed by atoms with Gasteiger partial charge in [-0.1, -0.05) is 44.2 Å². The second-order valence-electron chi connectivity index (χ2n) is 6.50. The molecule has 0 atom stereocenters. The molecule has 0 aliphatic carbocycles. The van der Waals surface area contributed by atoms with Crippen molar-refractivity contribution in [1.29, 1.82) is 0 Å². The largest absolute Gasteiger partial charge is 0.300 e. The first kappa shape index (κ1) is 18.3. The minimum absolute atomic E-state index is 0.149. The van der Waals surface area contributed by atoms with Gasteiger partial charge in [-0.3, -0.25) is 9.52 Å². The molecular weight excluding hydrogens is 348 g/mol. The third kappa shape index (κ3) is 4.30. The molecule has 9 heteroatoms. The summed E-state index contributed by atoms with van der Waals surface area (Å²) in [7, 11) is -3.86. The zero-order valence-electron chi connectivity index (χ0n) is 14.2. The van der Waals surface area contributed by atoms with Crippen LogP contribution in [0.3, 0.4) is 0 Å². The normalized spacial score (nSPS) is 12.0. The van der Waals surface area contributed by atoms with E-state index in [1.54, 1.807) is 26.8 Å². The molecule has 0 fully saturated rings. The Morgan fingerprint density at radius 3 is 2.46 bits per heavy atom. The van der Waals surface area contributed by atoms with E-state index >= 15 is 0 Å². The fraction of sp³-hybridized carbons (Fsp3) is 0.400. The maximum atomic E-state index is 12.4. The summed E-state index contributed by atoms with van der Waals surface area (Å²) in [5, 5.41) is 10.1. The van der Waals surface area contributed by atoms with Crippen molar-refractivity contribution in [3.8, 4) is 0 Å². The van der Waals surface area contributed by atoms with Crippen LogP contribution in [-0.4, -0.2) is 24.5 Å². The van der Waals surface area contributed by atoms with Crippen LogP contribution in [0, 0.1) is 19.3 Å². The van der Waals surface area contributed by atoms with Crippen molar-refractivity contribution in [2.45, 2.75) is 39.0 Å². The predicted octanol–water partition coefficient (Wildman–Crippen LogP) is 2.94. The molecular formula is C15H20N4O3S2. The van der Waals surface area contributed by atoms with Gasteiger partial charge in [-0.2, -0.15) is 8.42 Å². The summed E-state index contributed by atoms with van der Waals surface area (Å²) in [6.07, 6.45) is 0. The van der Waals surface area contributed by atoms with E-state index in [-0.39, 0.29) is 15.4 Å². The zero-order chi connectivity index (χ0) is 18.1. The average molecular weight is 368 g/mol. The number of carbonyl (C=O) groups is 1. The maximum Gasteiger partial charge on any atom is 0.291 e. The van der Waals surface area contributed by atoms with Crippen LogP contribution in [0.4, 0.5) is 10.8 Å². The molecule has 0 bridgehead atoms. The molecule has 0 aliphatic rings. The molecule has 24 heavy (non-hydrogen) atoms. The van der Waals surface area contributed by atoms with Crippen molar-refractivity contribution in [2.24, 2.45) is 5.41 Å². The molecule has 1 aromatic heterocycles. The quantitative estimate of drug-likeness (QED) is 0.808. The van der Waals surface area contributed by atoms with Gasteiger partial charge in [0.1, 0.15) is 0 Å². The highest BCUT2D eigenvalue weighted by Crippen LogP contribution is 2.26. The summed E-state index contributed by atoms with van der Waals surface area (Å²) >= 11 is 0.809. The molecule has 2 rings (SSSR count). The van der Waals surface area contributed by atoms with E-state index in [1.165, 1.54) is 0 Å². The summed E-state index contributed by atoms with van der Waals surface area (Å²) < 4.78 is 27.2. The second kappa shape index (κ2) is 6.48. The van der Waals surface area contributed by atoms with Gasteiger partial charge in [0.15, 0.2) is 0 Å². The SMILES string of the molecule is Cc1ccc(C)c(NS(=O)(=O)c2nnc(NC(=O)C(C)(C)C)s2)c1. The molecule has 2 aromatic rings. The monoisotopic (exact) mass is 368 g/mol. The van der Waals surface area contributed by atoms with Crippen molar-refractivity contribution >= 4 is 38.1 Å². The number of hydrogen-bond donors (Lipinski definition) is 2. The topological polar surface area (TPSA) is 101 Å². The van der Waals surface area contributed by atoms with Crippen LogP contribution < -0.4 is 10.0 Å². The van der Waals surface area contributed by atoms with Gasteiger partial charge in [-0.15, -0.1) is 10.2 Å². The van der Waals surface area contributed by atoms with E-state index in [0.717, 1.165) is 22.5 Å². The molecule has 130 valence electrons. The first-order valence-corrected chi connectivity index (χ1v) is 9.54. The Balaban J connectivity index is 2.22. The number of aromatic nitrogens is 2. The molecule has 0 unspecified atom stereocenters. The minimum Gasteiger partial charge on any atom is -0.300 e. The van der Waals surface area contributed by atoms with E-state index in [4.69, 9.17) is 0 Å². The minimum atomic E-state index is -3.86. The number of rotatable bonds is 4. The summed E-state index contributed by atoms with van der Waals surface area (Å²) in [5.41, 5.74) is 1.62. The molecule has 1 amide bonds. The van der Waals surface area contributed by atoms with Crippen molar-refractivity contribution < 1.29 is 13.2 Å². The van der Waals surface area contributed by atoms with E-state index in [1.807, 2.05) is 26.0 Å². The predicted molar refractivity (Wildman–Crippen MR) is 94.7 cm³/mol. The van der Waals surface area contributed by atoms with Gasteiger partial charge in [-0.25, -0.2) is 0 Å². The van der Waals surface area contributed by atoms with Crippen LogP contribution in [0.25, 0.3) is 0 Å². The number of hydrogen-bond acceptors (Lipinski definition) is 6. The Bertz CT molecular complexity index is 867. The van der Waals surface area contributed by atoms with Crippen molar-refractivity contribution in [1.82, 2.24) is 10.2 Å². The van der Waals surface area contributed by atoms with Crippen LogP contribution in [0.2, 0.25) is 0 Å². The van der Waals surface area contributed by atoms with Crippen LogP contribution in [0.1, 0.15) is 31.9 Å². The van der Waals surface area contributed by atoms with Gasteiger partial charge in [0.25, 0.3) is 14.4 Å². The molecule has 0 saturated heterocycles. The highest BCUT2D eigenvalue weighted by molar-refractivity contribution is 7.94. The number of sulfonamides is 1. The Morgan fingerprint density at radius 2 is 1.83 bits per heavy atom. The lowest BCUT2D eigenvalue weighted by Crippen LogP contribution is -2.27. The van der Waals surface area contributed by atoms with Gasteiger partial charge in [0.2, 0.25) is 11.0 Å². The van der Waals surface area contributed by atoms with Gasteiger partial charge in [0, 0.05) is 5.41 Å². The summed E-state index contributed by atoms with van der Waals surface area (Å²) in [5.74, 6) is -0.259.